The van der Waals surface area contributed by atoms with Gasteiger partial charge in [-0.3, -0.25) is 4.98 Å². The quantitative estimate of drug-likeness (QED) is 0.877. The number of benzene rings is 1. The lowest BCUT2D eigenvalue weighted by molar-refractivity contribution is 0.413. The predicted octanol–water partition coefficient (Wildman–Crippen LogP) is 2.72. The van der Waals surface area contributed by atoms with Gasteiger partial charge in [-0.25, -0.2) is 0 Å². The minimum atomic E-state index is 0.0281. The van der Waals surface area contributed by atoms with Crippen molar-refractivity contribution < 1.29 is 4.74 Å². The second kappa shape index (κ2) is 6.17. The number of aryl methyl sites for hydroxylation is 1. The molecule has 1 aromatic heterocycles. The van der Waals surface area contributed by atoms with Gasteiger partial charge >= 0.3 is 0 Å². The highest BCUT2D eigenvalue weighted by Crippen LogP contribution is 2.20. The molecule has 1 atom stereocenters. The average molecular weight is 242 g/mol. The first-order valence-corrected chi connectivity index (χ1v) is 6.08. The molecule has 0 aliphatic carbocycles. The molecular formula is C15H18N2O. The summed E-state index contributed by atoms with van der Waals surface area (Å²) in [5.41, 5.74) is 8.52. The van der Waals surface area contributed by atoms with Crippen molar-refractivity contribution in [3.05, 3.63) is 59.9 Å². The minimum absolute atomic E-state index is 0.0281. The van der Waals surface area contributed by atoms with Crippen LogP contribution in [0.3, 0.4) is 0 Å². The van der Waals surface area contributed by atoms with E-state index in [2.05, 4.69) is 11.1 Å². The molecule has 2 N–H and O–H groups in total. The SMILES string of the molecule is COc1cccc(C(N)CCc2cccnc2)c1. The molecule has 2 aromatic rings. The highest BCUT2D eigenvalue weighted by atomic mass is 16.5. The smallest absolute Gasteiger partial charge is 0.119 e. The van der Waals surface area contributed by atoms with Gasteiger partial charge in [0.05, 0.1) is 7.11 Å². The Morgan fingerprint density at radius 3 is 2.89 bits per heavy atom. The van der Waals surface area contributed by atoms with Crippen LogP contribution < -0.4 is 10.5 Å². The minimum Gasteiger partial charge on any atom is -0.497 e. The van der Waals surface area contributed by atoms with Gasteiger partial charge in [0.2, 0.25) is 0 Å². The number of hydrogen-bond donors (Lipinski definition) is 1. The summed E-state index contributed by atoms with van der Waals surface area (Å²) in [5, 5.41) is 0. The molecule has 0 radical (unpaired) electrons. The number of aromatic nitrogens is 1. The van der Waals surface area contributed by atoms with Crippen LogP contribution in [0.4, 0.5) is 0 Å². The van der Waals surface area contributed by atoms with Gasteiger partial charge in [0.25, 0.3) is 0 Å². The third-order valence-corrected chi connectivity index (χ3v) is 2.99. The summed E-state index contributed by atoms with van der Waals surface area (Å²) in [7, 11) is 1.67. The van der Waals surface area contributed by atoms with E-state index in [9.17, 15) is 0 Å². The molecule has 94 valence electrons. The summed E-state index contributed by atoms with van der Waals surface area (Å²) in [4.78, 5) is 4.10. The van der Waals surface area contributed by atoms with Gasteiger partial charge < -0.3 is 10.5 Å². The number of rotatable bonds is 5. The van der Waals surface area contributed by atoms with Crippen LogP contribution in [-0.2, 0) is 6.42 Å². The normalized spacial score (nSPS) is 12.1. The second-order valence-corrected chi connectivity index (χ2v) is 4.28. The van der Waals surface area contributed by atoms with Crippen molar-refractivity contribution in [2.45, 2.75) is 18.9 Å². The molecule has 0 saturated heterocycles. The van der Waals surface area contributed by atoms with Crippen LogP contribution in [-0.4, -0.2) is 12.1 Å². The monoisotopic (exact) mass is 242 g/mol. The molecule has 1 heterocycles. The Hall–Kier alpha value is -1.87. The number of hydrogen-bond acceptors (Lipinski definition) is 3. The van der Waals surface area contributed by atoms with E-state index >= 15 is 0 Å². The molecule has 0 aliphatic rings. The number of methoxy groups -OCH3 is 1. The standard InChI is InChI=1S/C15H18N2O/c1-18-14-6-2-5-13(10-14)15(16)8-7-12-4-3-9-17-11-12/h2-6,9-11,15H,7-8,16H2,1H3. The maximum atomic E-state index is 6.19. The Kier molecular flexibility index (Phi) is 4.31. The molecule has 0 spiro atoms. The lowest BCUT2D eigenvalue weighted by Gasteiger charge is -2.13. The molecule has 0 aliphatic heterocycles. The highest BCUT2D eigenvalue weighted by molar-refractivity contribution is 5.30. The van der Waals surface area contributed by atoms with E-state index in [1.165, 1.54) is 5.56 Å². The van der Waals surface area contributed by atoms with E-state index in [-0.39, 0.29) is 6.04 Å². The summed E-state index contributed by atoms with van der Waals surface area (Å²) < 4.78 is 5.20. The number of nitrogens with two attached hydrogens (primary N) is 1. The van der Waals surface area contributed by atoms with Crippen LogP contribution >= 0.6 is 0 Å². The van der Waals surface area contributed by atoms with Crippen LogP contribution in [0.25, 0.3) is 0 Å². The van der Waals surface area contributed by atoms with Crippen LogP contribution in [0.2, 0.25) is 0 Å². The third kappa shape index (κ3) is 3.31. The van der Waals surface area contributed by atoms with Gasteiger partial charge in [0.15, 0.2) is 0 Å². The molecule has 0 saturated carbocycles. The molecule has 2 rings (SSSR count). The molecule has 0 fully saturated rings. The Morgan fingerprint density at radius 1 is 1.28 bits per heavy atom. The van der Waals surface area contributed by atoms with Crippen molar-refractivity contribution >= 4 is 0 Å². The Morgan fingerprint density at radius 2 is 2.17 bits per heavy atom. The van der Waals surface area contributed by atoms with E-state index in [0.29, 0.717) is 0 Å². The van der Waals surface area contributed by atoms with E-state index < -0.39 is 0 Å². The van der Waals surface area contributed by atoms with Crippen molar-refractivity contribution in [1.29, 1.82) is 0 Å². The lowest BCUT2D eigenvalue weighted by Crippen LogP contribution is -2.11. The largest absolute Gasteiger partial charge is 0.497 e. The number of nitrogens with zero attached hydrogens (tertiary/aromatic N) is 1. The number of pyridine rings is 1. The molecule has 0 bridgehead atoms. The van der Waals surface area contributed by atoms with E-state index in [4.69, 9.17) is 10.5 Å². The molecule has 0 amide bonds. The van der Waals surface area contributed by atoms with Crippen molar-refractivity contribution in [2.75, 3.05) is 7.11 Å². The van der Waals surface area contributed by atoms with Crippen molar-refractivity contribution in [3.8, 4) is 5.75 Å². The zero-order valence-corrected chi connectivity index (χ0v) is 10.5. The summed E-state index contributed by atoms with van der Waals surface area (Å²) in [5.74, 6) is 0.851. The first-order chi connectivity index (χ1) is 8.79. The summed E-state index contributed by atoms with van der Waals surface area (Å²) in [6, 6.07) is 12.0. The average Bonchev–Trinajstić information content (AvgIpc) is 2.46. The van der Waals surface area contributed by atoms with Crippen molar-refractivity contribution in [3.63, 3.8) is 0 Å². The van der Waals surface area contributed by atoms with Gasteiger partial charge in [-0.15, -0.1) is 0 Å². The van der Waals surface area contributed by atoms with Crippen molar-refractivity contribution in [2.24, 2.45) is 5.73 Å². The second-order valence-electron chi connectivity index (χ2n) is 4.28. The predicted molar refractivity (Wildman–Crippen MR) is 72.5 cm³/mol. The summed E-state index contributed by atoms with van der Waals surface area (Å²) in [6.07, 6.45) is 5.51. The molecule has 3 heteroatoms. The zero-order valence-electron chi connectivity index (χ0n) is 10.5. The molecule has 3 nitrogen and oxygen atoms in total. The molecule has 1 aromatic carbocycles. The maximum absolute atomic E-state index is 6.19. The maximum Gasteiger partial charge on any atom is 0.119 e. The fourth-order valence-corrected chi connectivity index (χ4v) is 1.91. The Labute approximate surface area is 108 Å². The van der Waals surface area contributed by atoms with Crippen LogP contribution in [0, 0.1) is 0 Å². The van der Waals surface area contributed by atoms with E-state index in [1.54, 1.807) is 13.3 Å². The van der Waals surface area contributed by atoms with Gasteiger partial charge in [-0.05, 0) is 42.2 Å². The fraction of sp³-hybridized carbons (Fsp3) is 0.267. The molecule has 18 heavy (non-hydrogen) atoms. The van der Waals surface area contributed by atoms with Crippen LogP contribution in [0.1, 0.15) is 23.6 Å². The molecule has 1 unspecified atom stereocenters. The topological polar surface area (TPSA) is 48.1 Å². The van der Waals surface area contributed by atoms with Gasteiger partial charge in [0, 0.05) is 18.4 Å². The zero-order chi connectivity index (χ0) is 12.8. The van der Waals surface area contributed by atoms with Gasteiger partial charge in [-0.1, -0.05) is 18.2 Å². The third-order valence-electron chi connectivity index (χ3n) is 2.99. The molecular weight excluding hydrogens is 224 g/mol. The fourth-order valence-electron chi connectivity index (χ4n) is 1.91. The summed E-state index contributed by atoms with van der Waals surface area (Å²) in [6.45, 7) is 0. The Bertz CT molecular complexity index is 485. The Balaban J connectivity index is 1.97. The number of ether oxygens (including phenoxy) is 1. The van der Waals surface area contributed by atoms with Crippen LogP contribution in [0.5, 0.6) is 5.75 Å². The highest BCUT2D eigenvalue weighted by Gasteiger charge is 2.07. The first-order valence-electron chi connectivity index (χ1n) is 6.08. The lowest BCUT2D eigenvalue weighted by atomic mass is 10.0. The van der Waals surface area contributed by atoms with Crippen LogP contribution in [0.15, 0.2) is 48.8 Å². The van der Waals surface area contributed by atoms with Gasteiger partial charge in [-0.2, -0.15) is 0 Å². The first kappa shape index (κ1) is 12.6. The van der Waals surface area contributed by atoms with Gasteiger partial charge in [0.1, 0.15) is 5.75 Å². The van der Waals surface area contributed by atoms with E-state index in [1.807, 2.05) is 36.5 Å². The van der Waals surface area contributed by atoms with E-state index in [0.717, 1.165) is 24.2 Å². The van der Waals surface area contributed by atoms with Crippen molar-refractivity contribution in [1.82, 2.24) is 4.98 Å². The summed E-state index contributed by atoms with van der Waals surface area (Å²) >= 11 is 0.